The van der Waals surface area contributed by atoms with Crippen LogP contribution in [0.3, 0.4) is 0 Å². The minimum absolute atomic E-state index is 0.445. The zero-order valence-corrected chi connectivity index (χ0v) is 8.74. The zero-order valence-electron chi connectivity index (χ0n) is 7.92. The Kier molecular flexibility index (Phi) is 2.57. The van der Waals surface area contributed by atoms with Crippen molar-refractivity contribution >= 4 is 18.0 Å². The van der Waals surface area contributed by atoms with Crippen molar-refractivity contribution < 1.29 is 27.2 Å². The molecule has 0 unspecified atom stereocenters. The minimum atomic E-state index is -4.38. The lowest BCUT2D eigenvalue weighted by Gasteiger charge is -2.17. The summed E-state index contributed by atoms with van der Waals surface area (Å²) in [6.45, 7) is 0. The number of thioether (sulfide) groups is 1. The Morgan fingerprint density at radius 1 is 1.24 bits per heavy atom. The first-order valence-corrected chi connectivity index (χ1v) is 5.08. The lowest BCUT2D eigenvalue weighted by atomic mass is 10.1. The highest BCUT2D eigenvalue weighted by Gasteiger charge is 2.64. The molecule has 0 bridgehead atoms. The summed E-state index contributed by atoms with van der Waals surface area (Å²) in [5.74, 6) is -5.39. The lowest BCUT2D eigenvalue weighted by Crippen LogP contribution is -2.29. The van der Waals surface area contributed by atoms with Crippen molar-refractivity contribution in [2.24, 2.45) is 5.16 Å². The zero-order chi connectivity index (χ0) is 12.8. The molecular weight excluding hydrogens is 265 g/mol. The molecule has 0 atom stereocenters. The average molecular weight is 269 g/mol. The Labute approximate surface area is 96.1 Å². The van der Waals surface area contributed by atoms with Crippen LogP contribution < -0.4 is 0 Å². The van der Waals surface area contributed by atoms with E-state index in [-0.39, 0.29) is 0 Å². The molecule has 1 N–H and O–H groups in total. The van der Waals surface area contributed by atoms with Crippen LogP contribution in [0.15, 0.2) is 22.2 Å². The van der Waals surface area contributed by atoms with Crippen LogP contribution in [0.25, 0.3) is 0 Å². The number of rotatable bonds is 1. The van der Waals surface area contributed by atoms with Crippen LogP contribution in [0.1, 0.15) is 11.1 Å². The number of alkyl halides is 4. The molecular formula is C9H4F5NOS. The third-order valence-electron chi connectivity index (χ3n) is 2.26. The molecule has 2 nitrogen and oxygen atoms in total. The molecule has 0 radical (unpaired) electrons. The molecule has 1 aliphatic heterocycles. The molecule has 0 aromatic heterocycles. The summed E-state index contributed by atoms with van der Waals surface area (Å²) < 4.78 is 65.9. The molecule has 17 heavy (non-hydrogen) atoms. The Bertz CT molecular complexity index is 502. The van der Waals surface area contributed by atoms with Gasteiger partial charge >= 0.3 is 11.2 Å². The van der Waals surface area contributed by atoms with Crippen LogP contribution >= 0.6 is 11.8 Å². The topological polar surface area (TPSA) is 32.6 Å². The Morgan fingerprint density at radius 3 is 2.47 bits per heavy atom. The maximum atomic E-state index is 13.3. The largest absolute Gasteiger partial charge is 0.411 e. The van der Waals surface area contributed by atoms with Gasteiger partial charge < -0.3 is 5.21 Å². The van der Waals surface area contributed by atoms with Crippen LogP contribution in [0.4, 0.5) is 22.0 Å². The average Bonchev–Trinajstić information content (AvgIpc) is 2.39. The Balaban J connectivity index is 2.70. The van der Waals surface area contributed by atoms with E-state index in [4.69, 9.17) is 5.21 Å². The highest BCUT2D eigenvalue weighted by Crippen LogP contribution is 2.61. The number of hydrogen-bond donors (Lipinski definition) is 1. The van der Waals surface area contributed by atoms with Crippen molar-refractivity contribution in [3.63, 3.8) is 0 Å². The molecule has 0 amide bonds. The molecule has 0 spiro atoms. The number of benzene rings is 1. The third-order valence-corrected chi connectivity index (χ3v) is 3.42. The normalized spacial score (nSPS) is 20.8. The van der Waals surface area contributed by atoms with E-state index < -0.39 is 44.8 Å². The SMILES string of the molecule is O/N=C/c1c(F)ccc2c1SC(F)(F)C2(F)F. The van der Waals surface area contributed by atoms with Gasteiger partial charge in [-0.2, -0.15) is 17.6 Å². The van der Waals surface area contributed by atoms with Gasteiger partial charge in [-0.1, -0.05) is 5.16 Å². The summed E-state index contributed by atoms with van der Waals surface area (Å²) in [6.07, 6.45) is 0.513. The second-order valence-electron chi connectivity index (χ2n) is 3.28. The minimum Gasteiger partial charge on any atom is -0.411 e. The summed E-state index contributed by atoms with van der Waals surface area (Å²) in [4.78, 5) is -0.613. The molecule has 1 heterocycles. The standard InChI is InChI=1S/C9H4F5NOS/c10-6-2-1-5-7(4(6)3-15-16)17-9(13,14)8(5,11)12/h1-3,16H/b15-3+. The highest BCUT2D eigenvalue weighted by molar-refractivity contribution is 8.00. The van der Waals surface area contributed by atoms with E-state index in [0.29, 0.717) is 18.3 Å². The molecule has 0 saturated carbocycles. The maximum absolute atomic E-state index is 13.3. The van der Waals surface area contributed by atoms with Crippen molar-refractivity contribution in [2.45, 2.75) is 16.1 Å². The van der Waals surface area contributed by atoms with Crippen molar-refractivity contribution in [1.29, 1.82) is 0 Å². The first-order chi connectivity index (χ1) is 7.81. The van der Waals surface area contributed by atoms with E-state index in [9.17, 15) is 22.0 Å². The van der Waals surface area contributed by atoms with Gasteiger partial charge in [0.25, 0.3) is 0 Å². The number of hydrogen-bond acceptors (Lipinski definition) is 3. The monoisotopic (exact) mass is 269 g/mol. The van der Waals surface area contributed by atoms with E-state index in [2.05, 4.69) is 5.16 Å². The van der Waals surface area contributed by atoms with Crippen molar-refractivity contribution in [1.82, 2.24) is 0 Å². The molecule has 1 aromatic carbocycles. The van der Waals surface area contributed by atoms with E-state index in [1.54, 1.807) is 0 Å². The van der Waals surface area contributed by atoms with E-state index in [1.807, 2.05) is 0 Å². The predicted molar refractivity (Wildman–Crippen MR) is 50.5 cm³/mol. The molecule has 92 valence electrons. The number of oxime groups is 1. The molecule has 0 fully saturated rings. The summed E-state index contributed by atoms with van der Waals surface area (Å²) in [6, 6.07) is 1.24. The quantitative estimate of drug-likeness (QED) is 0.366. The second-order valence-corrected chi connectivity index (χ2v) is 4.40. The first-order valence-electron chi connectivity index (χ1n) is 4.26. The molecule has 1 aliphatic rings. The van der Waals surface area contributed by atoms with Gasteiger partial charge in [0.2, 0.25) is 0 Å². The molecule has 1 aromatic rings. The van der Waals surface area contributed by atoms with Gasteiger partial charge in [0.05, 0.1) is 6.21 Å². The van der Waals surface area contributed by atoms with Crippen LogP contribution in [0.2, 0.25) is 0 Å². The van der Waals surface area contributed by atoms with E-state index in [0.717, 1.165) is 0 Å². The molecule has 0 saturated heterocycles. The van der Waals surface area contributed by atoms with Gasteiger partial charge in [0.1, 0.15) is 5.82 Å². The maximum Gasteiger partial charge on any atom is 0.364 e. The van der Waals surface area contributed by atoms with Crippen molar-refractivity contribution in [2.75, 3.05) is 0 Å². The van der Waals surface area contributed by atoms with Gasteiger partial charge in [-0.3, -0.25) is 0 Å². The molecule has 8 heteroatoms. The summed E-state index contributed by atoms with van der Waals surface area (Å²) >= 11 is -0.445. The highest BCUT2D eigenvalue weighted by atomic mass is 32.2. The number of halogens is 5. The number of nitrogens with zero attached hydrogens (tertiary/aromatic N) is 1. The van der Waals surface area contributed by atoms with Gasteiger partial charge in [-0.05, 0) is 23.9 Å². The fourth-order valence-corrected chi connectivity index (χ4v) is 2.52. The van der Waals surface area contributed by atoms with Crippen LogP contribution in [0.5, 0.6) is 0 Å². The fourth-order valence-electron chi connectivity index (χ4n) is 1.46. The van der Waals surface area contributed by atoms with Crippen molar-refractivity contribution in [3.05, 3.63) is 29.1 Å². The Hall–Kier alpha value is -1.31. The van der Waals surface area contributed by atoms with Crippen LogP contribution in [0, 0.1) is 5.82 Å². The summed E-state index contributed by atoms with van der Waals surface area (Å²) in [5, 5.41) is 6.38. The molecule has 0 aliphatic carbocycles. The number of fused-ring (bicyclic) bond motifs is 1. The van der Waals surface area contributed by atoms with E-state index >= 15 is 0 Å². The van der Waals surface area contributed by atoms with Crippen molar-refractivity contribution in [3.8, 4) is 0 Å². The van der Waals surface area contributed by atoms with Crippen LogP contribution in [-0.4, -0.2) is 16.7 Å². The van der Waals surface area contributed by atoms with Crippen LogP contribution in [-0.2, 0) is 5.92 Å². The summed E-state index contributed by atoms with van der Waals surface area (Å²) in [7, 11) is 0. The third kappa shape index (κ3) is 1.58. The Morgan fingerprint density at radius 2 is 1.88 bits per heavy atom. The molecule has 2 rings (SSSR count). The lowest BCUT2D eigenvalue weighted by molar-refractivity contribution is -0.154. The predicted octanol–water partition coefficient (Wildman–Crippen LogP) is 3.42. The summed E-state index contributed by atoms with van der Waals surface area (Å²) in [5.41, 5.74) is -1.55. The van der Waals surface area contributed by atoms with Gasteiger partial charge in [0, 0.05) is 16.0 Å². The smallest absolute Gasteiger partial charge is 0.364 e. The second kappa shape index (κ2) is 3.59. The van der Waals surface area contributed by atoms with Gasteiger partial charge in [0.15, 0.2) is 0 Å². The van der Waals surface area contributed by atoms with Gasteiger partial charge in [-0.25, -0.2) is 4.39 Å². The first kappa shape index (κ1) is 12.2. The van der Waals surface area contributed by atoms with Gasteiger partial charge in [-0.15, -0.1) is 0 Å². The van der Waals surface area contributed by atoms with E-state index in [1.165, 1.54) is 0 Å². The fraction of sp³-hybridized carbons (Fsp3) is 0.222.